The molecule has 2 heterocycles. The molecule has 0 saturated carbocycles. The number of nitrogens with zero attached hydrogens (tertiary/aromatic N) is 2. The molecule has 2 aromatic heterocycles. The monoisotopic (exact) mass is 452 g/mol. The van der Waals surface area contributed by atoms with Crippen LogP contribution in [0.1, 0.15) is 5.56 Å². The number of benzene rings is 2. The number of H-pyrrole nitrogens is 1. The number of halogens is 1. The number of imidazole rings is 1. The largest absolute Gasteiger partial charge is 0.504 e. The molecule has 7 heteroatoms. The average Bonchev–Trinajstić information content (AvgIpc) is 3.11. The number of aromatic nitrogens is 2. The Kier molecular flexibility index (Phi) is 5.22. The zero-order valence-electron chi connectivity index (χ0n) is 15.9. The molecule has 2 aromatic carbocycles. The second kappa shape index (κ2) is 7.97. The Morgan fingerprint density at radius 1 is 1.03 bits per heavy atom. The summed E-state index contributed by atoms with van der Waals surface area (Å²) in [4.78, 5) is 8.16. The van der Waals surface area contributed by atoms with E-state index < -0.39 is 0 Å². The first kappa shape index (κ1) is 19.0. The van der Waals surface area contributed by atoms with Crippen molar-refractivity contribution in [3.05, 3.63) is 70.8 Å². The van der Waals surface area contributed by atoms with Gasteiger partial charge in [0.2, 0.25) is 5.65 Å². The smallest absolute Gasteiger partial charge is 0.307 e. The number of hydrogen-bond donors (Lipinski definition) is 2. The molecule has 0 aliphatic carbocycles. The van der Waals surface area contributed by atoms with Crippen LogP contribution in [0.5, 0.6) is 17.2 Å². The summed E-state index contributed by atoms with van der Waals surface area (Å²) in [5, 5.41) is 9.93. The van der Waals surface area contributed by atoms with Crippen LogP contribution in [0.25, 0.3) is 16.9 Å². The zero-order chi connectivity index (χ0) is 20.4. The van der Waals surface area contributed by atoms with E-state index in [4.69, 9.17) is 14.5 Å². The van der Waals surface area contributed by atoms with E-state index in [1.807, 2.05) is 53.1 Å². The molecule has 0 aliphatic rings. The van der Waals surface area contributed by atoms with Crippen LogP contribution in [-0.4, -0.2) is 30.5 Å². The number of aliphatic imine (C=N–C) groups is 1. The van der Waals surface area contributed by atoms with E-state index in [1.165, 1.54) is 7.11 Å². The lowest BCUT2D eigenvalue weighted by Gasteiger charge is -2.04. The normalized spacial score (nSPS) is 11.3. The highest BCUT2D eigenvalue weighted by Crippen LogP contribution is 2.34. The van der Waals surface area contributed by atoms with Crippen molar-refractivity contribution >= 4 is 33.6 Å². The zero-order valence-corrected chi connectivity index (χ0v) is 17.5. The molecule has 0 spiro atoms. The standard InChI is InChI=1S/C22H18BrN3O3/c1-28-18-9-6-14(11-16(18)23)13-24-22-21(25-20-5-3-4-10-26(20)22)15-7-8-17(27)19(12-15)29-2/h3-13,27H,1-2H3/p+1. The molecule has 0 atom stereocenters. The van der Waals surface area contributed by atoms with Gasteiger partial charge in [0, 0.05) is 17.2 Å². The highest BCUT2D eigenvalue weighted by molar-refractivity contribution is 9.10. The molecule has 0 radical (unpaired) electrons. The Labute approximate surface area is 176 Å². The maximum Gasteiger partial charge on any atom is 0.307 e. The van der Waals surface area contributed by atoms with E-state index in [1.54, 1.807) is 25.5 Å². The van der Waals surface area contributed by atoms with Crippen LogP contribution in [0.2, 0.25) is 0 Å². The summed E-state index contributed by atoms with van der Waals surface area (Å²) in [5.74, 6) is 1.99. The second-order valence-corrected chi connectivity index (χ2v) is 7.17. The van der Waals surface area contributed by atoms with E-state index in [-0.39, 0.29) is 5.75 Å². The number of aromatic hydroxyl groups is 1. The lowest BCUT2D eigenvalue weighted by Crippen LogP contribution is -2.17. The molecule has 2 N–H and O–H groups in total. The van der Waals surface area contributed by atoms with E-state index in [0.29, 0.717) is 5.75 Å². The SMILES string of the molecule is COc1cc(-c2[nH]c3cccc[n+]3c2N=Cc2ccc(OC)c(Br)c2)ccc1O. The van der Waals surface area contributed by atoms with Gasteiger partial charge >= 0.3 is 5.82 Å². The Bertz CT molecular complexity index is 1220. The number of rotatable bonds is 5. The van der Waals surface area contributed by atoms with Gasteiger partial charge in [-0.05, 0) is 58.4 Å². The maximum atomic E-state index is 9.93. The molecule has 0 fully saturated rings. The van der Waals surface area contributed by atoms with Crippen molar-refractivity contribution < 1.29 is 19.0 Å². The maximum absolute atomic E-state index is 9.93. The second-order valence-electron chi connectivity index (χ2n) is 6.32. The number of ether oxygens (including phenoxy) is 2. The quantitative estimate of drug-likeness (QED) is 0.341. The molecule has 0 amide bonds. The number of nitrogens with one attached hydrogen (secondary N) is 1. The number of phenolic OH excluding ortho intramolecular Hbond substituents is 1. The van der Waals surface area contributed by atoms with E-state index >= 15 is 0 Å². The van der Waals surface area contributed by atoms with Crippen molar-refractivity contribution in [3.8, 4) is 28.5 Å². The molecule has 4 rings (SSSR count). The minimum absolute atomic E-state index is 0.0909. The van der Waals surface area contributed by atoms with E-state index in [0.717, 1.165) is 38.5 Å². The Morgan fingerprint density at radius 2 is 1.86 bits per heavy atom. The fourth-order valence-corrected chi connectivity index (χ4v) is 3.65. The third-order valence-corrected chi connectivity index (χ3v) is 5.16. The van der Waals surface area contributed by atoms with Crippen molar-refractivity contribution in [1.82, 2.24) is 4.98 Å². The van der Waals surface area contributed by atoms with Gasteiger partial charge in [-0.3, -0.25) is 4.98 Å². The third kappa shape index (κ3) is 3.69. The summed E-state index contributed by atoms with van der Waals surface area (Å²) >= 11 is 3.50. The lowest BCUT2D eigenvalue weighted by molar-refractivity contribution is -0.495. The van der Waals surface area contributed by atoms with Gasteiger partial charge in [0.25, 0.3) is 0 Å². The molecule has 146 valence electrons. The van der Waals surface area contributed by atoms with Crippen LogP contribution in [0, 0.1) is 0 Å². The van der Waals surface area contributed by atoms with Crippen molar-refractivity contribution in [3.63, 3.8) is 0 Å². The molecule has 4 aromatic rings. The molecule has 6 nitrogen and oxygen atoms in total. The molecule has 29 heavy (non-hydrogen) atoms. The van der Waals surface area contributed by atoms with Gasteiger partial charge < -0.3 is 14.6 Å². The van der Waals surface area contributed by atoms with Crippen LogP contribution in [-0.2, 0) is 0 Å². The van der Waals surface area contributed by atoms with Crippen LogP contribution >= 0.6 is 15.9 Å². The van der Waals surface area contributed by atoms with E-state index in [2.05, 4.69) is 20.9 Å². The summed E-state index contributed by atoms with van der Waals surface area (Å²) in [5.41, 5.74) is 3.50. The third-order valence-electron chi connectivity index (χ3n) is 4.54. The highest BCUT2D eigenvalue weighted by Gasteiger charge is 2.21. The number of phenols is 1. The van der Waals surface area contributed by atoms with Gasteiger partial charge in [-0.25, -0.2) is 0 Å². The topological polar surface area (TPSA) is 70.9 Å². The lowest BCUT2D eigenvalue weighted by atomic mass is 10.1. The van der Waals surface area contributed by atoms with Gasteiger partial charge in [-0.1, -0.05) is 6.07 Å². The predicted octanol–water partition coefficient (Wildman–Crippen LogP) is 4.66. The molecular weight excluding hydrogens is 434 g/mol. The van der Waals surface area contributed by atoms with Gasteiger partial charge in [0.05, 0.1) is 24.9 Å². The summed E-state index contributed by atoms with van der Waals surface area (Å²) in [7, 11) is 3.16. The number of methoxy groups -OCH3 is 2. The van der Waals surface area contributed by atoms with Gasteiger partial charge in [0.1, 0.15) is 12.0 Å². The predicted molar refractivity (Wildman–Crippen MR) is 116 cm³/mol. The van der Waals surface area contributed by atoms with Crippen LogP contribution in [0.3, 0.4) is 0 Å². The van der Waals surface area contributed by atoms with Crippen LogP contribution < -0.4 is 13.9 Å². The van der Waals surface area contributed by atoms with Crippen molar-refractivity contribution in [1.29, 1.82) is 0 Å². The summed E-state index contributed by atoms with van der Waals surface area (Å²) < 4.78 is 13.4. The van der Waals surface area contributed by atoms with Gasteiger partial charge in [0.15, 0.2) is 17.2 Å². The fraction of sp³-hybridized carbons (Fsp3) is 0.0909. The average molecular weight is 453 g/mol. The minimum Gasteiger partial charge on any atom is -0.504 e. The minimum atomic E-state index is 0.0909. The number of pyridine rings is 1. The van der Waals surface area contributed by atoms with Crippen molar-refractivity contribution in [2.45, 2.75) is 0 Å². The molecular formula is C22H19BrN3O3+. The van der Waals surface area contributed by atoms with E-state index in [9.17, 15) is 5.11 Å². The fourth-order valence-electron chi connectivity index (χ4n) is 3.09. The molecule has 0 unspecified atom stereocenters. The van der Waals surface area contributed by atoms with Gasteiger partial charge in [-0.2, -0.15) is 4.40 Å². The molecule has 0 bridgehead atoms. The summed E-state index contributed by atoms with van der Waals surface area (Å²) in [6, 6.07) is 16.9. The highest BCUT2D eigenvalue weighted by atomic mass is 79.9. The Balaban J connectivity index is 1.83. The van der Waals surface area contributed by atoms with Gasteiger partial charge in [-0.15, -0.1) is 4.99 Å². The summed E-state index contributed by atoms with van der Waals surface area (Å²) in [6.45, 7) is 0. The first-order chi connectivity index (χ1) is 14.1. The van der Waals surface area contributed by atoms with Crippen molar-refractivity contribution in [2.75, 3.05) is 14.2 Å². The number of fused-ring (bicyclic) bond motifs is 1. The first-order valence-corrected chi connectivity index (χ1v) is 9.67. The molecule has 0 aliphatic heterocycles. The number of hydrogen-bond acceptors (Lipinski definition) is 4. The Hall–Kier alpha value is -3.32. The summed E-state index contributed by atoms with van der Waals surface area (Å²) in [6.07, 6.45) is 3.75. The van der Waals surface area contributed by atoms with Crippen LogP contribution in [0.4, 0.5) is 5.82 Å². The molecule has 0 saturated heterocycles. The van der Waals surface area contributed by atoms with Crippen molar-refractivity contribution in [2.24, 2.45) is 4.99 Å². The first-order valence-electron chi connectivity index (χ1n) is 8.88. The number of aromatic amines is 1. The van der Waals surface area contributed by atoms with Crippen LogP contribution in [0.15, 0.2) is 70.3 Å². The Morgan fingerprint density at radius 3 is 2.62 bits per heavy atom.